The normalized spacial score (nSPS) is 11.4. The minimum atomic E-state index is 0.700. The second-order valence-corrected chi connectivity index (χ2v) is 13.6. The van der Waals surface area contributed by atoms with Crippen molar-refractivity contribution in [1.82, 2.24) is 15.0 Å². The lowest BCUT2D eigenvalue weighted by Gasteiger charge is -2.12. The van der Waals surface area contributed by atoms with Crippen molar-refractivity contribution in [3.05, 3.63) is 200 Å². The van der Waals surface area contributed by atoms with Crippen LogP contribution in [0.2, 0.25) is 0 Å². The molecule has 0 N–H and O–H groups in total. The Morgan fingerprint density at radius 2 is 1.04 bits per heavy atom. The van der Waals surface area contributed by atoms with Gasteiger partial charge < -0.3 is 0 Å². The lowest BCUT2D eigenvalue weighted by atomic mass is 9.95. The lowest BCUT2D eigenvalue weighted by molar-refractivity contribution is 1.18. The number of hydrogen-bond donors (Lipinski definition) is 0. The van der Waals surface area contributed by atoms with Crippen LogP contribution in [0.15, 0.2) is 194 Å². The summed E-state index contributed by atoms with van der Waals surface area (Å²) in [4.78, 5) is 14.8. The van der Waals surface area contributed by atoms with Gasteiger partial charge in [0.1, 0.15) is 0 Å². The first-order valence-electron chi connectivity index (χ1n) is 18.4. The monoisotopic (exact) mass is 691 g/mol. The smallest absolute Gasteiger partial charge is 0.160 e. The minimum Gasteiger partial charge on any atom is -0.263 e. The van der Waals surface area contributed by atoms with Crippen molar-refractivity contribution in [3.63, 3.8) is 0 Å². The second-order valence-electron chi connectivity index (χ2n) is 13.6. The summed E-state index contributed by atoms with van der Waals surface area (Å²) >= 11 is 0. The van der Waals surface area contributed by atoms with Crippen LogP contribution in [0.1, 0.15) is 12.5 Å². The Morgan fingerprint density at radius 3 is 1.80 bits per heavy atom. The van der Waals surface area contributed by atoms with Crippen molar-refractivity contribution in [1.29, 1.82) is 0 Å². The molecule has 0 amide bonds. The topological polar surface area (TPSA) is 38.7 Å². The molecule has 9 rings (SSSR count). The van der Waals surface area contributed by atoms with E-state index in [4.69, 9.17) is 9.97 Å². The maximum Gasteiger partial charge on any atom is 0.160 e. The van der Waals surface area contributed by atoms with Crippen LogP contribution in [0.4, 0.5) is 0 Å². The molecule has 0 saturated carbocycles. The number of allylic oxidation sites excluding steroid dienone is 2. The van der Waals surface area contributed by atoms with Gasteiger partial charge in [0.05, 0.1) is 11.4 Å². The first-order valence-corrected chi connectivity index (χ1v) is 18.4. The molecule has 0 atom stereocenters. The Hall–Kier alpha value is -6.97. The van der Waals surface area contributed by atoms with E-state index in [-0.39, 0.29) is 0 Å². The van der Waals surface area contributed by atoms with Gasteiger partial charge in [-0.05, 0) is 87.1 Å². The Kier molecular flexibility index (Phi) is 8.88. The van der Waals surface area contributed by atoms with Gasteiger partial charge in [-0.15, -0.1) is 0 Å². The van der Waals surface area contributed by atoms with Gasteiger partial charge in [-0.1, -0.05) is 158 Å². The number of pyridine rings is 1. The predicted octanol–water partition coefficient (Wildman–Crippen LogP) is 13.3. The van der Waals surface area contributed by atoms with E-state index in [1.54, 1.807) is 0 Å². The van der Waals surface area contributed by atoms with E-state index in [1.807, 2.05) is 18.5 Å². The first kappa shape index (κ1) is 32.9. The highest BCUT2D eigenvalue weighted by atomic mass is 14.9. The molecule has 7 aromatic carbocycles. The van der Waals surface area contributed by atoms with Gasteiger partial charge in [0.2, 0.25) is 0 Å². The number of fused-ring (bicyclic) bond motifs is 2. The van der Waals surface area contributed by atoms with E-state index >= 15 is 0 Å². The highest BCUT2D eigenvalue weighted by Crippen LogP contribution is 2.34. The lowest BCUT2D eigenvalue weighted by Crippen LogP contribution is -1.96. The van der Waals surface area contributed by atoms with Gasteiger partial charge in [-0.25, -0.2) is 9.97 Å². The predicted molar refractivity (Wildman–Crippen MR) is 226 cm³/mol. The largest absolute Gasteiger partial charge is 0.263 e. The summed E-state index contributed by atoms with van der Waals surface area (Å²) in [6.07, 6.45) is 9.14. The molecule has 2 aromatic heterocycles. The van der Waals surface area contributed by atoms with Crippen LogP contribution in [0.3, 0.4) is 0 Å². The highest BCUT2D eigenvalue weighted by molar-refractivity contribution is 5.97. The standard InChI is InChI=1S/C51H37N3/c1-2-3-10-35-17-28-47-46(29-35)33-52-34-48(47)45-16-9-15-43(31-45)37-18-23-40(24-19-37)50-32-49(39-12-5-4-6-13-39)53-51(54-50)41-25-20-38(21-26-41)44-27-22-36-11-7-8-14-42(36)30-44/h2-9,11-34H,10H2,1H3/b3-2+. The SMILES string of the molecule is C/C=C/Cc1ccc2c(-c3cccc(-c4ccc(-c5cc(-c6ccccc6)nc(-c6ccc(-c7ccc8ccccc8c7)cc6)n5)cc4)c3)cncc2c1. The maximum atomic E-state index is 5.13. The fourth-order valence-corrected chi connectivity index (χ4v) is 7.20. The summed E-state index contributed by atoms with van der Waals surface area (Å²) in [5, 5.41) is 4.84. The zero-order chi connectivity index (χ0) is 36.3. The summed E-state index contributed by atoms with van der Waals surface area (Å²) in [7, 11) is 0. The van der Waals surface area contributed by atoms with Gasteiger partial charge in [0.25, 0.3) is 0 Å². The van der Waals surface area contributed by atoms with Crippen molar-refractivity contribution in [2.24, 2.45) is 0 Å². The van der Waals surface area contributed by atoms with Crippen LogP contribution < -0.4 is 0 Å². The van der Waals surface area contributed by atoms with E-state index < -0.39 is 0 Å². The van der Waals surface area contributed by atoms with Crippen LogP contribution in [-0.2, 0) is 6.42 Å². The number of hydrogen-bond acceptors (Lipinski definition) is 3. The van der Waals surface area contributed by atoms with Gasteiger partial charge in [0.15, 0.2) is 5.82 Å². The Labute approximate surface area is 316 Å². The molecule has 54 heavy (non-hydrogen) atoms. The molecule has 0 fully saturated rings. The van der Waals surface area contributed by atoms with Crippen molar-refractivity contribution in [2.45, 2.75) is 13.3 Å². The zero-order valence-electron chi connectivity index (χ0n) is 30.0. The van der Waals surface area contributed by atoms with Crippen molar-refractivity contribution < 1.29 is 0 Å². The van der Waals surface area contributed by atoms with Gasteiger partial charge in [-0.3, -0.25) is 4.98 Å². The van der Waals surface area contributed by atoms with Crippen molar-refractivity contribution >= 4 is 21.5 Å². The molecular weight excluding hydrogens is 655 g/mol. The molecule has 3 heteroatoms. The maximum absolute atomic E-state index is 5.13. The summed E-state index contributed by atoms with van der Waals surface area (Å²) in [5.41, 5.74) is 13.1. The fraction of sp³-hybridized carbons (Fsp3) is 0.0392. The highest BCUT2D eigenvalue weighted by Gasteiger charge is 2.13. The van der Waals surface area contributed by atoms with Crippen LogP contribution in [0.5, 0.6) is 0 Å². The molecule has 0 saturated heterocycles. The molecule has 0 aliphatic carbocycles. The molecule has 0 aliphatic rings. The second kappa shape index (κ2) is 14.6. The summed E-state index contributed by atoms with van der Waals surface area (Å²) in [6.45, 7) is 2.06. The average Bonchev–Trinajstić information content (AvgIpc) is 3.25. The number of rotatable bonds is 8. The van der Waals surface area contributed by atoms with Crippen LogP contribution in [0, 0.1) is 0 Å². The average molecular weight is 692 g/mol. The van der Waals surface area contributed by atoms with Crippen LogP contribution in [-0.4, -0.2) is 15.0 Å². The number of benzene rings is 7. The first-order chi connectivity index (χ1) is 26.7. The molecule has 0 unspecified atom stereocenters. The minimum absolute atomic E-state index is 0.700. The molecule has 256 valence electrons. The molecular formula is C51H37N3. The van der Waals surface area contributed by atoms with Crippen molar-refractivity contribution in [3.8, 4) is 67.3 Å². The van der Waals surface area contributed by atoms with E-state index in [9.17, 15) is 0 Å². The summed E-state index contributed by atoms with van der Waals surface area (Å²) in [6, 6.07) is 60.2. The Bertz CT molecular complexity index is 2780. The Balaban J connectivity index is 1.03. The quantitative estimate of drug-likeness (QED) is 0.149. The van der Waals surface area contributed by atoms with Gasteiger partial charge in [0, 0.05) is 40.0 Å². The molecule has 9 aromatic rings. The summed E-state index contributed by atoms with van der Waals surface area (Å²) < 4.78 is 0. The molecule has 0 radical (unpaired) electrons. The van der Waals surface area contributed by atoms with Crippen LogP contribution >= 0.6 is 0 Å². The van der Waals surface area contributed by atoms with E-state index in [1.165, 1.54) is 27.3 Å². The zero-order valence-corrected chi connectivity index (χ0v) is 30.0. The van der Waals surface area contributed by atoms with Crippen molar-refractivity contribution in [2.75, 3.05) is 0 Å². The molecule has 0 bridgehead atoms. The number of aromatic nitrogens is 3. The van der Waals surface area contributed by atoms with E-state index in [0.29, 0.717) is 5.82 Å². The third kappa shape index (κ3) is 6.71. The Morgan fingerprint density at radius 1 is 0.426 bits per heavy atom. The van der Waals surface area contributed by atoms with E-state index in [0.717, 1.165) is 67.7 Å². The molecule has 3 nitrogen and oxygen atoms in total. The summed E-state index contributed by atoms with van der Waals surface area (Å²) in [5.74, 6) is 0.700. The molecule has 0 aliphatic heterocycles. The van der Waals surface area contributed by atoms with Crippen LogP contribution in [0.25, 0.3) is 88.8 Å². The third-order valence-electron chi connectivity index (χ3n) is 10.1. The molecule has 2 heterocycles. The van der Waals surface area contributed by atoms with Gasteiger partial charge in [-0.2, -0.15) is 0 Å². The fourth-order valence-electron chi connectivity index (χ4n) is 7.20. The molecule has 0 spiro atoms. The van der Waals surface area contributed by atoms with Gasteiger partial charge >= 0.3 is 0 Å². The van der Waals surface area contributed by atoms with E-state index in [2.05, 4.69) is 188 Å². The number of nitrogens with zero attached hydrogens (tertiary/aromatic N) is 3. The third-order valence-corrected chi connectivity index (χ3v) is 10.1.